The summed E-state index contributed by atoms with van der Waals surface area (Å²) in [7, 11) is 0. The molecule has 1 N–H and O–H groups in total. The number of nitrogens with one attached hydrogen (secondary N) is 1. The lowest BCUT2D eigenvalue weighted by Crippen LogP contribution is -2.39. The Morgan fingerprint density at radius 2 is 2.50 bits per heavy atom. The van der Waals surface area contributed by atoms with Gasteiger partial charge in [-0.2, -0.15) is 0 Å². The predicted molar refractivity (Wildman–Crippen MR) is 37.7 cm³/mol. The van der Waals surface area contributed by atoms with Crippen molar-refractivity contribution in [2.45, 2.75) is 25.8 Å². The van der Waals surface area contributed by atoms with Crippen molar-refractivity contribution in [2.24, 2.45) is 0 Å². The van der Waals surface area contributed by atoms with Crippen molar-refractivity contribution in [1.82, 2.24) is 5.32 Å². The molecule has 58 valence electrons. The number of hydrogen-bond donors (Lipinski definition) is 1. The third-order valence-electron chi connectivity index (χ3n) is 1.57. The summed E-state index contributed by atoms with van der Waals surface area (Å²) in [4.78, 5) is 10.5. The fourth-order valence-corrected chi connectivity index (χ4v) is 1.14. The van der Waals surface area contributed by atoms with Crippen LogP contribution in [0.15, 0.2) is 0 Å². The van der Waals surface area contributed by atoms with Crippen molar-refractivity contribution < 1.29 is 9.53 Å². The van der Waals surface area contributed by atoms with E-state index in [9.17, 15) is 4.79 Å². The van der Waals surface area contributed by atoms with Gasteiger partial charge in [0.05, 0.1) is 12.6 Å². The molecule has 1 fully saturated rings. The summed E-state index contributed by atoms with van der Waals surface area (Å²) in [5.41, 5.74) is 0. The number of hydrogen-bond acceptors (Lipinski definition) is 2. The lowest BCUT2D eigenvalue weighted by Gasteiger charge is -2.22. The topological polar surface area (TPSA) is 38.3 Å². The molecule has 0 aromatic rings. The van der Waals surface area contributed by atoms with E-state index in [0.29, 0.717) is 6.61 Å². The quantitative estimate of drug-likeness (QED) is 0.573. The Kier molecular flexibility index (Phi) is 2.68. The first kappa shape index (κ1) is 7.54. The Hall–Kier alpha value is -0.570. The highest BCUT2D eigenvalue weighted by Crippen LogP contribution is 2.04. The molecule has 0 aliphatic carbocycles. The maximum atomic E-state index is 10.5. The number of amides is 1. The van der Waals surface area contributed by atoms with E-state index in [0.717, 1.165) is 19.4 Å². The van der Waals surface area contributed by atoms with Gasteiger partial charge in [-0.15, -0.1) is 0 Å². The molecule has 1 atom stereocenters. The van der Waals surface area contributed by atoms with Gasteiger partial charge in [0.2, 0.25) is 5.91 Å². The first-order valence-corrected chi connectivity index (χ1v) is 3.64. The van der Waals surface area contributed by atoms with Crippen molar-refractivity contribution in [3.05, 3.63) is 0 Å². The van der Waals surface area contributed by atoms with Gasteiger partial charge in [0.15, 0.2) is 0 Å². The SMILES string of the molecule is CC(=O)NC1CCCOC1. The highest BCUT2D eigenvalue weighted by Gasteiger charge is 2.13. The van der Waals surface area contributed by atoms with E-state index in [1.165, 1.54) is 6.92 Å². The molecule has 1 rings (SSSR count). The number of ether oxygens (including phenoxy) is 1. The van der Waals surface area contributed by atoms with Gasteiger partial charge in [0, 0.05) is 13.5 Å². The fraction of sp³-hybridized carbons (Fsp3) is 0.857. The van der Waals surface area contributed by atoms with Crippen molar-refractivity contribution in [3.63, 3.8) is 0 Å². The van der Waals surface area contributed by atoms with Gasteiger partial charge >= 0.3 is 0 Å². The van der Waals surface area contributed by atoms with E-state index in [2.05, 4.69) is 5.32 Å². The molecule has 1 saturated heterocycles. The van der Waals surface area contributed by atoms with Crippen LogP contribution in [0.3, 0.4) is 0 Å². The molecule has 0 spiro atoms. The Morgan fingerprint density at radius 1 is 1.70 bits per heavy atom. The average molecular weight is 143 g/mol. The normalized spacial score (nSPS) is 25.9. The predicted octanol–water partition coefficient (Wildman–Crippen LogP) is 0.302. The average Bonchev–Trinajstić information content (AvgIpc) is 1.88. The highest BCUT2D eigenvalue weighted by molar-refractivity contribution is 5.73. The summed E-state index contributed by atoms with van der Waals surface area (Å²) in [6.07, 6.45) is 2.12. The molecule has 1 heterocycles. The molecule has 1 aliphatic rings. The van der Waals surface area contributed by atoms with Crippen LogP contribution in [-0.2, 0) is 9.53 Å². The van der Waals surface area contributed by atoms with E-state index < -0.39 is 0 Å². The summed E-state index contributed by atoms with van der Waals surface area (Å²) >= 11 is 0. The molecule has 3 nitrogen and oxygen atoms in total. The molecule has 0 bridgehead atoms. The minimum absolute atomic E-state index is 0.0375. The molecule has 1 unspecified atom stereocenters. The van der Waals surface area contributed by atoms with Crippen LogP contribution in [0, 0.1) is 0 Å². The van der Waals surface area contributed by atoms with Crippen molar-refractivity contribution in [2.75, 3.05) is 13.2 Å². The summed E-state index contributed by atoms with van der Waals surface area (Å²) in [5, 5.41) is 2.82. The van der Waals surface area contributed by atoms with Crippen LogP contribution in [-0.4, -0.2) is 25.2 Å². The molecule has 0 aromatic carbocycles. The second kappa shape index (κ2) is 3.56. The van der Waals surface area contributed by atoms with Crippen molar-refractivity contribution >= 4 is 5.91 Å². The van der Waals surface area contributed by atoms with Gasteiger partial charge in [-0.05, 0) is 12.8 Å². The van der Waals surface area contributed by atoms with Crippen LogP contribution in [0.1, 0.15) is 19.8 Å². The van der Waals surface area contributed by atoms with Crippen LogP contribution in [0.5, 0.6) is 0 Å². The zero-order valence-corrected chi connectivity index (χ0v) is 6.22. The molecule has 1 amide bonds. The van der Waals surface area contributed by atoms with Gasteiger partial charge < -0.3 is 10.1 Å². The zero-order valence-electron chi connectivity index (χ0n) is 6.22. The van der Waals surface area contributed by atoms with Gasteiger partial charge in [0.25, 0.3) is 0 Å². The Morgan fingerprint density at radius 3 is 3.00 bits per heavy atom. The highest BCUT2D eigenvalue weighted by atomic mass is 16.5. The van der Waals surface area contributed by atoms with Crippen LogP contribution in [0.4, 0.5) is 0 Å². The van der Waals surface area contributed by atoms with Crippen LogP contribution in [0.2, 0.25) is 0 Å². The van der Waals surface area contributed by atoms with E-state index in [4.69, 9.17) is 4.74 Å². The third-order valence-corrected chi connectivity index (χ3v) is 1.57. The second-order valence-corrected chi connectivity index (χ2v) is 2.61. The smallest absolute Gasteiger partial charge is 0.217 e. The third kappa shape index (κ3) is 2.35. The van der Waals surface area contributed by atoms with Crippen molar-refractivity contribution in [1.29, 1.82) is 0 Å². The van der Waals surface area contributed by atoms with E-state index in [1.54, 1.807) is 0 Å². The van der Waals surface area contributed by atoms with E-state index in [-0.39, 0.29) is 11.9 Å². The lowest BCUT2D eigenvalue weighted by atomic mass is 10.1. The Labute approximate surface area is 60.7 Å². The van der Waals surface area contributed by atoms with Crippen LogP contribution in [0.25, 0.3) is 0 Å². The number of carbonyl (C=O) groups excluding carboxylic acids is 1. The van der Waals surface area contributed by atoms with E-state index in [1.807, 2.05) is 0 Å². The first-order chi connectivity index (χ1) is 4.79. The first-order valence-electron chi connectivity index (χ1n) is 3.64. The molecule has 0 aromatic heterocycles. The standard InChI is InChI=1S/C7H13NO2/c1-6(9)8-7-3-2-4-10-5-7/h7H,2-5H2,1H3,(H,8,9). The summed E-state index contributed by atoms with van der Waals surface area (Å²) in [5.74, 6) is 0.0375. The summed E-state index contributed by atoms with van der Waals surface area (Å²) in [6.45, 7) is 3.06. The molecule has 0 radical (unpaired) electrons. The molecular formula is C7H13NO2. The van der Waals surface area contributed by atoms with Gasteiger partial charge in [-0.25, -0.2) is 0 Å². The largest absolute Gasteiger partial charge is 0.379 e. The van der Waals surface area contributed by atoms with Gasteiger partial charge in [-0.3, -0.25) is 4.79 Å². The molecule has 10 heavy (non-hydrogen) atoms. The molecule has 3 heteroatoms. The lowest BCUT2D eigenvalue weighted by molar-refractivity contribution is -0.120. The second-order valence-electron chi connectivity index (χ2n) is 2.61. The maximum Gasteiger partial charge on any atom is 0.217 e. The minimum atomic E-state index is 0.0375. The summed E-state index contributed by atoms with van der Waals surface area (Å²) < 4.78 is 5.17. The number of carbonyl (C=O) groups is 1. The van der Waals surface area contributed by atoms with Crippen LogP contribution < -0.4 is 5.32 Å². The molecule has 1 aliphatic heterocycles. The number of rotatable bonds is 1. The van der Waals surface area contributed by atoms with Crippen LogP contribution >= 0.6 is 0 Å². The monoisotopic (exact) mass is 143 g/mol. The van der Waals surface area contributed by atoms with Gasteiger partial charge in [-0.1, -0.05) is 0 Å². The zero-order chi connectivity index (χ0) is 7.40. The van der Waals surface area contributed by atoms with Crippen molar-refractivity contribution in [3.8, 4) is 0 Å². The fourth-order valence-electron chi connectivity index (χ4n) is 1.14. The Balaban J connectivity index is 2.19. The molecular weight excluding hydrogens is 130 g/mol. The minimum Gasteiger partial charge on any atom is -0.379 e. The van der Waals surface area contributed by atoms with Gasteiger partial charge in [0.1, 0.15) is 0 Å². The van der Waals surface area contributed by atoms with E-state index >= 15 is 0 Å². The Bertz CT molecular complexity index is 119. The molecule has 0 saturated carbocycles. The maximum absolute atomic E-state index is 10.5. The summed E-state index contributed by atoms with van der Waals surface area (Å²) in [6, 6.07) is 0.256.